The van der Waals surface area contributed by atoms with Gasteiger partial charge in [0.1, 0.15) is 5.75 Å². The van der Waals surface area contributed by atoms with E-state index in [1.165, 1.54) is 11.1 Å². The first-order valence-electron chi connectivity index (χ1n) is 6.59. The molecule has 0 aromatic heterocycles. The highest BCUT2D eigenvalue weighted by atomic mass is 16.5. The van der Waals surface area contributed by atoms with Crippen LogP contribution in [0.15, 0.2) is 18.2 Å². The standard InChI is InChI=1S/C15H21NO3/c1-10-4-5-14(19-3)11(8-10)6-7-16(2)13-9-12(13)15(17)18/h4-5,8,12-13H,6-7,9H2,1-3H3,(H,17,18). The van der Waals surface area contributed by atoms with E-state index in [9.17, 15) is 4.79 Å². The van der Waals surface area contributed by atoms with Crippen molar-refractivity contribution in [1.29, 1.82) is 0 Å². The van der Waals surface area contributed by atoms with Crippen LogP contribution in [-0.4, -0.2) is 42.7 Å². The van der Waals surface area contributed by atoms with E-state index in [0.29, 0.717) is 0 Å². The second kappa shape index (κ2) is 5.61. The zero-order valence-corrected chi connectivity index (χ0v) is 11.7. The minimum Gasteiger partial charge on any atom is -0.496 e. The fourth-order valence-electron chi connectivity index (χ4n) is 2.50. The maximum Gasteiger partial charge on any atom is 0.308 e. The molecule has 2 atom stereocenters. The minimum atomic E-state index is -0.676. The lowest BCUT2D eigenvalue weighted by molar-refractivity contribution is -0.138. The monoisotopic (exact) mass is 263 g/mol. The summed E-state index contributed by atoms with van der Waals surface area (Å²) in [5, 5.41) is 8.93. The summed E-state index contributed by atoms with van der Waals surface area (Å²) in [5.74, 6) is 0.0546. The molecule has 1 aliphatic carbocycles. The van der Waals surface area contributed by atoms with Crippen molar-refractivity contribution in [3.63, 3.8) is 0 Å². The first-order valence-corrected chi connectivity index (χ1v) is 6.59. The molecular weight excluding hydrogens is 242 g/mol. The fraction of sp³-hybridized carbons (Fsp3) is 0.533. The van der Waals surface area contributed by atoms with E-state index in [4.69, 9.17) is 9.84 Å². The topological polar surface area (TPSA) is 49.8 Å². The van der Waals surface area contributed by atoms with Crippen molar-refractivity contribution in [3.05, 3.63) is 29.3 Å². The van der Waals surface area contributed by atoms with Crippen molar-refractivity contribution in [2.24, 2.45) is 5.92 Å². The minimum absolute atomic E-state index is 0.176. The van der Waals surface area contributed by atoms with Crippen LogP contribution in [0.2, 0.25) is 0 Å². The molecule has 2 rings (SSSR count). The van der Waals surface area contributed by atoms with Gasteiger partial charge in [0.2, 0.25) is 0 Å². The second-order valence-electron chi connectivity index (χ2n) is 5.29. The van der Waals surface area contributed by atoms with Crippen LogP contribution in [0.3, 0.4) is 0 Å². The van der Waals surface area contributed by atoms with Crippen LogP contribution in [0.4, 0.5) is 0 Å². The third kappa shape index (κ3) is 3.26. The number of aliphatic carboxylic acids is 1. The van der Waals surface area contributed by atoms with E-state index in [0.717, 1.165) is 25.1 Å². The molecule has 1 aromatic rings. The van der Waals surface area contributed by atoms with Crippen molar-refractivity contribution in [2.45, 2.75) is 25.8 Å². The predicted molar refractivity (Wildman–Crippen MR) is 73.6 cm³/mol. The molecule has 1 N–H and O–H groups in total. The van der Waals surface area contributed by atoms with Gasteiger partial charge in [-0.05, 0) is 38.4 Å². The molecule has 0 saturated heterocycles. The first-order chi connectivity index (χ1) is 9.02. The number of hydrogen-bond acceptors (Lipinski definition) is 3. The van der Waals surface area contributed by atoms with Gasteiger partial charge in [-0.15, -0.1) is 0 Å². The molecule has 4 nitrogen and oxygen atoms in total. The Hall–Kier alpha value is -1.55. The van der Waals surface area contributed by atoms with Crippen molar-refractivity contribution in [1.82, 2.24) is 4.90 Å². The van der Waals surface area contributed by atoms with Crippen molar-refractivity contribution < 1.29 is 14.6 Å². The highest BCUT2D eigenvalue weighted by molar-refractivity contribution is 5.74. The largest absolute Gasteiger partial charge is 0.496 e. The molecule has 0 bridgehead atoms. The van der Waals surface area contributed by atoms with Crippen molar-refractivity contribution in [3.8, 4) is 5.75 Å². The molecule has 0 aliphatic heterocycles. The van der Waals surface area contributed by atoms with E-state index < -0.39 is 5.97 Å². The van der Waals surface area contributed by atoms with E-state index in [1.54, 1.807) is 7.11 Å². The van der Waals surface area contributed by atoms with Crippen molar-refractivity contribution >= 4 is 5.97 Å². The molecule has 2 unspecified atom stereocenters. The summed E-state index contributed by atoms with van der Waals surface area (Å²) in [6.07, 6.45) is 1.65. The lowest BCUT2D eigenvalue weighted by Gasteiger charge is -2.17. The third-order valence-electron chi connectivity index (χ3n) is 3.81. The highest BCUT2D eigenvalue weighted by Crippen LogP contribution is 2.35. The number of hydrogen-bond donors (Lipinski definition) is 1. The molecule has 1 aliphatic rings. The first kappa shape index (κ1) is 13.9. The quantitative estimate of drug-likeness (QED) is 0.852. The number of rotatable bonds is 6. The van der Waals surface area contributed by atoms with Crippen LogP contribution >= 0.6 is 0 Å². The van der Waals surface area contributed by atoms with E-state index in [1.807, 2.05) is 19.2 Å². The lowest BCUT2D eigenvalue weighted by atomic mass is 10.1. The predicted octanol–water partition coefficient (Wildman–Crippen LogP) is 1.95. The van der Waals surface area contributed by atoms with Gasteiger partial charge in [0, 0.05) is 12.6 Å². The van der Waals surface area contributed by atoms with E-state index in [2.05, 4.69) is 17.9 Å². The average molecular weight is 263 g/mol. The van der Waals surface area contributed by atoms with Gasteiger partial charge >= 0.3 is 5.97 Å². The summed E-state index contributed by atoms with van der Waals surface area (Å²) < 4.78 is 5.36. The molecular formula is C15H21NO3. The zero-order chi connectivity index (χ0) is 14.0. The summed E-state index contributed by atoms with van der Waals surface area (Å²) in [6, 6.07) is 6.36. The van der Waals surface area contributed by atoms with Gasteiger partial charge in [0.25, 0.3) is 0 Å². The second-order valence-corrected chi connectivity index (χ2v) is 5.29. The SMILES string of the molecule is COc1ccc(C)cc1CCN(C)C1CC1C(=O)O. The Morgan fingerprint density at radius 1 is 1.53 bits per heavy atom. The number of ether oxygens (including phenoxy) is 1. The molecule has 0 spiro atoms. The lowest BCUT2D eigenvalue weighted by Crippen LogP contribution is -2.26. The number of nitrogens with zero attached hydrogens (tertiary/aromatic N) is 1. The number of carboxylic acid groups (broad SMARTS) is 1. The van der Waals surface area contributed by atoms with Gasteiger partial charge in [-0.3, -0.25) is 4.79 Å². The van der Waals surface area contributed by atoms with Gasteiger partial charge in [-0.1, -0.05) is 17.7 Å². The molecule has 4 heteroatoms. The molecule has 104 valence electrons. The Balaban J connectivity index is 1.92. The smallest absolute Gasteiger partial charge is 0.308 e. The summed E-state index contributed by atoms with van der Waals surface area (Å²) in [6.45, 7) is 2.92. The van der Waals surface area contributed by atoms with E-state index >= 15 is 0 Å². The Labute approximate surface area is 114 Å². The normalized spacial score (nSPS) is 21.5. The van der Waals surface area contributed by atoms with Gasteiger partial charge in [0.05, 0.1) is 13.0 Å². The van der Waals surface area contributed by atoms with Gasteiger partial charge < -0.3 is 14.7 Å². The van der Waals surface area contributed by atoms with Crippen LogP contribution < -0.4 is 4.74 Å². The molecule has 0 radical (unpaired) electrons. The molecule has 1 aromatic carbocycles. The summed E-state index contributed by atoms with van der Waals surface area (Å²) in [5.41, 5.74) is 2.40. The average Bonchev–Trinajstić information content (AvgIpc) is 3.16. The molecule has 1 fully saturated rings. The molecule has 0 amide bonds. The Morgan fingerprint density at radius 3 is 2.84 bits per heavy atom. The van der Waals surface area contributed by atoms with E-state index in [-0.39, 0.29) is 12.0 Å². The zero-order valence-electron chi connectivity index (χ0n) is 11.7. The summed E-state index contributed by atoms with van der Waals surface area (Å²) in [7, 11) is 3.68. The number of carbonyl (C=O) groups is 1. The number of carboxylic acids is 1. The summed E-state index contributed by atoms with van der Waals surface area (Å²) >= 11 is 0. The van der Waals surface area contributed by atoms with Gasteiger partial charge in [-0.25, -0.2) is 0 Å². The maximum absolute atomic E-state index is 10.8. The fourth-order valence-corrected chi connectivity index (χ4v) is 2.50. The number of benzene rings is 1. The number of likely N-dealkylation sites (N-methyl/N-ethyl adjacent to an activating group) is 1. The van der Waals surface area contributed by atoms with Crippen LogP contribution in [0, 0.1) is 12.8 Å². The molecule has 0 heterocycles. The van der Waals surface area contributed by atoms with Gasteiger partial charge in [-0.2, -0.15) is 0 Å². The number of methoxy groups -OCH3 is 1. The highest BCUT2D eigenvalue weighted by Gasteiger charge is 2.45. The van der Waals surface area contributed by atoms with Crippen molar-refractivity contribution in [2.75, 3.05) is 20.7 Å². The Morgan fingerprint density at radius 2 is 2.26 bits per heavy atom. The maximum atomic E-state index is 10.8. The van der Waals surface area contributed by atoms with Crippen LogP contribution in [0.1, 0.15) is 17.5 Å². The van der Waals surface area contributed by atoms with Crippen LogP contribution in [0.25, 0.3) is 0 Å². The molecule has 19 heavy (non-hydrogen) atoms. The van der Waals surface area contributed by atoms with Gasteiger partial charge in [0.15, 0.2) is 0 Å². The Kier molecular flexibility index (Phi) is 4.10. The van der Waals surface area contributed by atoms with Crippen LogP contribution in [-0.2, 0) is 11.2 Å². The Bertz CT molecular complexity index is 472. The number of aryl methyl sites for hydroxylation is 1. The van der Waals surface area contributed by atoms with Crippen LogP contribution in [0.5, 0.6) is 5.75 Å². The molecule has 1 saturated carbocycles. The summed E-state index contributed by atoms with van der Waals surface area (Å²) in [4.78, 5) is 13.0. The third-order valence-corrected chi connectivity index (χ3v) is 3.81.